The van der Waals surface area contributed by atoms with Crippen LogP contribution in [0.15, 0.2) is 0 Å². The van der Waals surface area contributed by atoms with E-state index in [4.69, 9.17) is 0 Å². The molecule has 0 spiro atoms. The van der Waals surface area contributed by atoms with Gasteiger partial charge in [-0.25, -0.2) is 0 Å². The van der Waals surface area contributed by atoms with Gasteiger partial charge in [0.05, 0.1) is 6.54 Å². The lowest BCUT2D eigenvalue weighted by Crippen LogP contribution is -3.00. The van der Waals surface area contributed by atoms with Gasteiger partial charge in [-0.2, -0.15) is 0 Å². The van der Waals surface area contributed by atoms with Crippen molar-refractivity contribution in [2.24, 2.45) is 0 Å². The summed E-state index contributed by atoms with van der Waals surface area (Å²) < 4.78 is 0. The third-order valence-corrected chi connectivity index (χ3v) is 3.60. The summed E-state index contributed by atoms with van der Waals surface area (Å²) in [7, 11) is 0. The molecule has 1 nitrogen and oxygen atoms in total. The molecule has 0 rings (SSSR count). The molecular formula is C16H36IN. The Morgan fingerprint density at radius 2 is 0.778 bits per heavy atom. The van der Waals surface area contributed by atoms with Crippen LogP contribution in [0, 0.1) is 0 Å². The summed E-state index contributed by atoms with van der Waals surface area (Å²) in [6.45, 7) is 3.41. The summed E-state index contributed by atoms with van der Waals surface area (Å²) in [6, 6.07) is 0. The number of rotatable bonds is 14. The maximum atomic E-state index is 3.88. The van der Waals surface area contributed by atoms with Crippen LogP contribution in [-0.4, -0.2) is 6.54 Å². The van der Waals surface area contributed by atoms with E-state index in [1.807, 2.05) is 0 Å². The van der Waals surface area contributed by atoms with Crippen LogP contribution in [-0.2, 0) is 0 Å². The number of halogens is 1. The van der Waals surface area contributed by atoms with Crippen LogP contribution in [0.25, 0.3) is 0 Å². The van der Waals surface area contributed by atoms with Crippen molar-refractivity contribution >= 4 is 0 Å². The van der Waals surface area contributed by atoms with E-state index in [9.17, 15) is 0 Å². The van der Waals surface area contributed by atoms with Crippen molar-refractivity contribution < 1.29 is 29.7 Å². The van der Waals surface area contributed by atoms with Gasteiger partial charge in [0.1, 0.15) is 0 Å². The van der Waals surface area contributed by atoms with Gasteiger partial charge in [0.2, 0.25) is 0 Å². The third kappa shape index (κ3) is 19.0. The van der Waals surface area contributed by atoms with Crippen molar-refractivity contribution in [2.45, 2.75) is 96.8 Å². The van der Waals surface area contributed by atoms with Crippen LogP contribution in [0.1, 0.15) is 96.8 Å². The minimum absolute atomic E-state index is 0. The van der Waals surface area contributed by atoms with E-state index in [1.165, 1.54) is 89.9 Å². The number of hydrogen-bond donors (Lipinski definition) is 1. The molecule has 0 aliphatic rings. The standard InChI is InChI=1S/C16H35N.HI/c1-2-3-4-5-6-7-8-9-10-11-12-13-14-15-16-17;/h2-17H2,1H3;1H. The Morgan fingerprint density at radius 1 is 0.500 bits per heavy atom. The first-order chi connectivity index (χ1) is 8.41. The molecule has 0 saturated carbocycles. The van der Waals surface area contributed by atoms with Gasteiger partial charge in [0.25, 0.3) is 0 Å². The summed E-state index contributed by atoms with van der Waals surface area (Å²) in [5.74, 6) is 0. The van der Waals surface area contributed by atoms with Crippen LogP contribution in [0.5, 0.6) is 0 Å². The maximum absolute atomic E-state index is 3.88. The highest BCUT2D eigenvalue weighted by Gasteiger charge is 1.93. The average molecular weight is 369 g/mol. The Hall–Kier alpha value is 0.690. The molecule has 112 valence electrons. The fraction of sp³-hybridized carbons (Fsp3) is 1.00. The van der Waals surface area contributed by atoms with E-state index in [-0.39, 0.29) is 24.0 Å². The summed E-state index contributed by atoms with van der Waals surface area (Å²) >= 11 is 0. The van der Waals surface area contributed by atoms with Crippen LogP contribution in [0.3, 0.4) is 0 Å². The minimum Gasteiger partial charge on any atom is -1.00 e. The Morgan fingerprint density at radius 3 is 1.06 bits per heavy atom. The molecule has 0 bridgehead atoms. The van der Waals surface area contributed by atoms with Crippen LogP contribution in [0.2, 0.25) is 0 Å². The van der Waals surface area contributed by atoms with Gasteiger partial charge in [-0.05, 0) is 12.8 Å². The lowest BCUT2D eigenvalue weighted by atomic mass is 10.0. The third-order valence-electron chi connectivity index (χ3n) is 3.60. The van der Waals surface area contributed by atoms with Crippen molar-refractivity contribution in [3.8, 4) is 0 Å². The van der Waals surface area contributed by atoms with Crippen molar-refractivity contribution in [1.29, 1.82) is 0 Å². The molecule has 0 heterocycles. The molecule has 18 heavy (non-hydrogen) atoms. The normalized spacial score (nSPS) is 10.3. The molecule has 0 aromatic heterocycles. The predicted molar refractivity (Wildman–Crippen MR) is 78.1 cm³/mol. The molecule has 0 fully saturated rings. The largest absolute Gasteiger partial charge is 1.00 e. The second-order valence-corrected chi connectivity index (χ2v) is 5.45. The first-order valence-corrected chi connectivity index (χ1v) is 8.21. The second-order valence-electron chi connectivity index (χ2n) is 5.45. The Balaban J connectivity index is 0. The van der Waals surface area contributed by atoms with Gasteiger partial charge in [-0.1, -0.05) is 84.0 Å². The predicted octanol–water partition coefficient (Wildman–Crippen LogP) is 1.71. The summed E-state index contributed by atoms with van der Waals surface area (Å²) in [5.41, 5.74) is 3.88. The molecule has 2 heteroatoms. The van der Waals surface area contributed by atoms with Gasteiger partial charge >= 0.3 is 0 Å². The minimum atomic E-state index is 0. The smallest absolute Gasteiger partial charge is 0.0739 e. The highest BCUT2D eigenvalue weighted by atomic mass is 127. The van der Waals surface area contributed by atoms with E-state index in [1.54, 1.807) is 0 Å². The average Bonchev–Trinajstić information content (AvgIpc) is 2.35. The maximum Gasteiger partial charge on any atom is 0.0739 e. The van der Waals surface area contributed by atoms with Crippen molar-refractivity contribution in [3.63, 3.8) is 0 Å². The van der Waals surface area contributed by atoms with Crippen LogP contribution >= 0.6 is 0 Å². The van der Waals surface area contributed by atoms with Crippen molar-refractivity contribution in [2.75, 3.05) is 6.54 Å². The molecule has 0 unspecified atom stereocenters. The Bertz CT molecular complexity index is 114. The van der Waals surface area contributed by atoms with Crippen LogP contribution < -0.4 is 29.7 Å². The van der Waals surface area contributed by atoms with E-state index in [2.05, 4.69) is 12.7 Å². The number of quaternary nitrogens is 1. The van der Waals surface area contributed by atoms with E-state index < -0.39 is 0 Å². The molecule has 0 amide bonds. The van der Waals surface area contributed by atoms with Gasteiger partial charge in [0, 0.05) is 0 Å². The van der Waals surface area contributed by atoms with E-state index in [0.29, 0.717) is 0 Å². The van der Waals surface area contributed by atoms with Gasteiger partial charge in [-0.15, -0.1) is 0 Å². The highest BCUT2D eigenvalue weighted by molar-refractivity contribution is 4.48. The molecule has 3 N–H and O–H groups in total. The number of hydrogen-bond acceptors (Lipinski definition) is 0. The first kappa shape index (κ1) is 21.0. The highest BCUT2D eigenvalue weighted by Crippen LogP contribution is 2.12. The molecule has 0 aliphatic heterocycles. The lowest BCUT2D eigenvalue weighted by Gasteiger charge is -2.02. The molecule has 0 aliphatic carbocycles. The molecule has 0 aromatic rings. The zero-order chi connectivity index (χ0) is 12.6. The summed E-state index contributed by atoms with van der Waals surface area (Å²) in [4.78, 5) is 0. The zero-order valence-corrected chi connectivity index (χ0v) is 14.8. The quantitative estimate of drug-likeness (QED) is 0.357. The zero-order valence-electron chi connectivity index (χ0n) is 12.7. The van der Waals surface area contributed by atoms with Crippen molar-refractivity contribution in [3.05, 3.63) is 0 Å². The summed E-state index contributed by atoms with van der Waals surface area (Å²) in [6.07, 6.45) is 20.2. The second kappa shape index (κ2) is 20.0. The fourth-order valence-corrected chi connectivity index (χ4v) is 2.37. The van der Waals surface area contributed by atoms with Gasteiger partial charge in [-0.3, -0.25) is 0 Å². The molecular weight excluding hydrogens is 333 g/mol. The fourth-order valence-electron chi connectivity index (χ4n) is 2.37. The molecule has 0 aromatic carbocycles. The van der Waals surface area contributed by atoms with E-state index >= 15 is 0 Å². The lowest BCUT2D eigenvalue weighted by molar-refractivity contribution is -0.368. The topological polar surface area (TPSA) is 27.6 Å². The van der Waals surface area contributed by atoms with Crippen molar-refractivity contribution in [1.82, 2.24) is 0 Å². The Kier molecular flexibility index (Phi) is 23.3. The van der Waals surface area contributed by atoms with Crippen LogP contribution in [0.4, 0.5) is 0 Å². The SMILES string of the molecule is CCCCCCCCCCCCCCCC[NH3+].[I-]. The molecule has 0 radical (unpaired) electrons. The summed E-state index contributed by atoms with van der Waals surface area (Å²) in [5, 5.41) is 0. The first-order valence-electron chi connectivity index (χ1n) is 8.21. The van der Waals surface area contributed by atoms with Gasteiger partial charge in [0.15, 0.2) is 0 Å². The Labute approximate surface area is 133 Å². The van der Waals surface area contributed by atoms with E-state index in [0.717, 1.165) is 6.54 Å². The monoisotopic (exact) mass is 369 g/mol. The van der Waals surface area contributed by atoms with Gasteiger partial charge < -0.3 is 29.7 Å². The number of unbranched alkanes of at least 4 members (excludes halogenated alkanes) is 13. The molecule has 0 atom stereocenters. The molecule has 0 saturated heterocycles.